The molecule has 1 N–H and O–H groups in total. The number of amides is 3. The number of rotatable bonds is 6. The minimum absolute atomic E-state index is 0.105. The molecule has 0 unspecified atom stereocenters. The average Bonchev–Trinajstić information content (AvgIpc) is 3.30. The number of carbonyl (C=O) groups is 5. The Balaban J connectivity index is 1.11. The van der Waals surface area contributed by atoms with E-state index in [1.165, 1.54) is 30.0 Å². The SMILES string of the molecule is CC(=O)c1cccc(NC(=O)COC(=O)c2cccc(N3C(=O)[C@@H]4C5c6ccccc6C(c6ccccc65)[C@H]4C3=O)c2)c1. The summed E-state index contributed by atoms with van der Waals surface area (Å²) in [7, 11) is 0. The molecule has 2 atom stereocenters. The highest BCUT2D eigenvalue weighted by atomic mass is 16.5. The lowest BCUT2D eigenvalue weighted by Crippen LogP contribution is -2.41. The molecule has 4 aliphatic rings. The van der Waals surface area contributed by atoms with E-state index >= 15 is 0 Å². The Morgan fingerprint density at radius 3 is 1.79 bits per heavy atom. The fourth-order valence-corrected chi connectivity index (χ4v) is 6.93. The first kappa shape index (κ1) is 26.5. The molecule has 1 aliphatic heterocycles. The number of esters is 1. The summed E-state index contributed by atoms with van der Waals surface area (Å²) in [5, 5.41) is 2.60. The number of carbonyl (C=O) groups excluding carboxylic acids is 5. The second-order valence-corrected chi connectivity index (χ2v) is 11.1. The van der Waals surface area contributed by atoms with Crippen LogP contribution in [0, 0.1) is 11.8 Å². The number of hydrogen-bond acceptors (Lipinski definition) is 6. The van der Waals surface area contributed by atoms with Crippen molar-refractivity contribution in [3.05, 3.63) is 130 Å². The number of nitrogens with zero attached hydrogens (tertiary/aromatic N) is 1. The smallest absolute Gasteiger partial charge is 0.338 e. The van der Waals surface area contributed by atoms with Crippen LogP contribution in [0.15, 0.2) is 97.1 Å². The van der Waals surface area contributed by atoms with Crippen LogP contribution in [0.25, 0.3) is 0 Å². The molecule has 3 aliphatic carbocycles. The number of imide groups is 1. The molecule has 8 nitrogen and oxygen atoms in total. The monoisotopic (exact) mass is 570 g/mol. The van der Waals surface area contributed by atoms with Gasteiger partial charge in [-0.2, -0.15) is 0 Å². The van der Waals surface area contributed by atoms with Crippen LogP contribution in [0.3, 0.4) is 0 Å². The van der Waals surface area contributed by atoms with Gasteiger partial charge in [0.1, 0.15) is 0 Å². The molecule has 3 amide bonds. The summed E-state index contributed by atoms with van der Waals surface area (Å²) in [5.41, 5.74) is 5.57. The summed E-state index contributed by atoms with van der Waals surface area (Å²) in [6.45, 7) is 0.870. The Labute approximate surface area is 247 Å². The molecule has 4 aromatic rings. The lowest BCUT2D eigenvalue weighted by Gasteiger charge is -2.45. The number of Topliss-reactive ketones (excluding diaryl/α,β-unsaturated/α-hetero) is 1. The average molecular weight is 571 g/mol. The lowest BCUT2D eigenvalue weighted by atomic mass is 9.55. The maximum absolute atomic E-state index is 14.0. The molecule has 0 radical (unpaired) electrons. The predicted molar refractivity (Wildman–Crippen MR) is 158 cm³/mol. The van der Waals surface area contributed by atoms with Crippen molar-refractivity contribution in [2.75, 3.05) is 16.8 Å². The number of benzene rings is 4. The van der Waals surface area contributed by atoms with E-state index in [0.29, 0.717) is 11.3 Å². The van der Waals surface area contributed by atoms with E-state index in [9.17, 15) is 24.0 Å². The number of ketones is 1. The van der Waals surface area contributed by atoms with Crippen molar-refractivity contribution in [3.8, 4) is 0 Å². The van der Waals surface area contributed by atoms with Crippen LogP contribution >= 0.6 is 0 Å². The Morgan fingerprint density at radius 2 is 1.23 bits per heavy atom. The molecule has 4 aromatic carbocycles. The fourth-order valence-electron chi connectivity index (χ4n) is 6.93. The van der Waals surface area contributed by atoms with E-state index in [1.807, 2.05) is 48.5 Å². The third-order valence-corrected chi connectivity index (χ3v) is 8.68. The maximum Gasteiger partial charge on any atom is 0.338 e. The molecule has 8 rings (SSSR count). The maximum atomic E-state index is 14.0. The van der Waals surface area contributed by atoms with E-state index in [1.54, 1.807) is 30.3 Å². The van der Waals surface area contributed by atoms with Crippen LogP contribution in [0.2, 0.25) is 0 Å². The fraction of sp³-hybridized carbons (Fsp3) is 0.171. The molecule has 0 aromatic heterocycles. The van der Waals surface area contributed by atoms with Gasteiger partial charge >= 0.3 is 5.97 Å². The van der Waals surface area contributed by atoms with Crippen LogP contribution in [-0.2, 0) is 19.1 Å². The molecule has 1 saturated heterocycles. The standard InChI is InChI=1S/C35H26N2O6/c1-19(38)20-8-6-10-22(16-20)36-28(39)18-43-35(42)21-9-7-11-23(17-21)37-33(40)31-29-24-12-2-3-13-25(24)30(32(31)34(37)41)27-15-5-4-14-26(27)29/h2-17,29-32H,18H2,1H3,(H,36,39)/t29?,30?,31-,32-/m1/s1. The number of anilines is 2. The van der Waals surface area contributed by atoms with Crippen molar-refractivity contribution in [1.29, 1.82) is 0 Å². The van der Waals surface area contributed by atoms with E-state index in [0.717, 1.165) is 22.3 Å². The molecule has 2 bridgehead atoms. The molecule has 1 fully saturated rings. The van der Waals surface area contributed by atoms with Gasteiger partial charge in [-0.15, -0.1) is 0 Å². The minimum Gasteiger partial charge on any atom is -0.452 e. The van der Waals surface area contributed by atoms with Gasteiger partial charge in [-0.05, 0) is 59.5 Å². The van der Waals surface area contributed by atoms with Gasteiger partial charge < -0.3 is 10.1 Å². The topological polar surface area (TPSA) is 110 Å². The first-order valence-electron chi connectivity index (χ1n) is 14.1. The Morgan fingerprint density at radius 1 is 0.698 bits per heavy atom. The van der Waals surface area contributed by atoms with E-state index in [-0.39, 0.29) is 40.7 Å². The van der Waals surface area contributed by atoms with Crippen molar-refractivity contribution in [2.24, 2.45) is 11.8 Å². The highest BCUT2D eigenvalue weighted by Gasteiger charge is 2.61. The van der Waals surface area contributed by atoms with E-state index < -0.39 is 30.3 Å². The Kier molecular flexibility index (Phi) is 6.27. The van der Waals surface area contributed by atoms with Gasteiger partial charge in [-0.3, -0.25) is 19.2 Å². The number of ether oxygens (including phenoxy) is 1. The van der Waals surface area contributed by atoms with Crippen molar-refractivity contribution >= 4 is 40.8 Å². The van der Waals surface area contributed by atoms with Crippen LogP contribution in [0.4, 0.5) is 11.4 Å². The summed E-state index contributed by atoms with van der Waals surface area (Å²) in [4.78, 5) is 66.2. The van der Waals surface area contributed by atoms with Crippen LogP contribution in [-0.4, -0.2) is 36.1 Å². The van der Waals surface area contributed by atoms with Gasteiger partial charge in [0.05, 0.1) is 23.1 Å². The number of nitrogens with one attached hydrogen (secondary N) is 1. The first-order valence-corrected chi connectivity index (χ1v) is 14.1. The van der Waals surface area contributed by atoms with Gasteiger partial charge in [-0.25, -0.2) is 9.69 Å². The van der Waals surface area contributed by atoms with Crippen molar-refractivity contribution in [3.63, 3.8) is 0 Å². The third kappa shape index (κ3) is 4.25. The van der Waals surface area contributed by atoms with Crippen molar-refractivity contribution < 1.29 is 28.7 Å². The lowest BCUT2D eigenvalue weighted by molar-refractivity contribution is -0.122. The highest BCUT2D eigenvalue weighted by molar-refractivity contribution is 6.23. The minimum atomic E-state index is -0.772. The summed E-state index contributed by atoms with van der Waals surface area (Å²) >= 11 is 0. The normalized spacial score (nSPS) is 21.1. The molecular formula is C35H26N2O6. The quantitative estimate of drug-likeness (QED) is 0.197. The highest BCUT2D eigenvalue weighted by Crippen LogP contribution is 2.61. The molecule has 0 saturated carbocycles. The summed E-state index contributed by atoms with van der Waals surface area (Å²) < 4.78 is 5.23. The summed E-state index contributed by atoms with van der Waals surface area (Å²) in [6.07, 6.45) is 0. The van der Waals surface area contributed by atoms with Crippen molar-refractivity contribution in [2.45, 2.75) is 18.8 Å². The van der Waals surface area contributed by atoms with Crippen molar-refractivity contribution in [1.82, 2.24) is 0 Å². The zero-order valence-corrected chi connectivity index (χ0v) is 23.2. The number of hydrogen-bond donors (Lipinski definition) is 1. The second-order valence-electron chi connectivity index (χ2n) is 11.1. The Hall–Kier alpha value is -5.37. The predicted octanol–water partition coefficient (Wildman–Crippen LogP) is 5.08. The molecule has 212 valence electrons. The Bertz CT molecular complexity index is 1750. The summed E-state index contributed by atoms with van der Waals surface area (Å²) in [6, 6.07) is 28.7. The molecule has 0 spiro atoms. The van der Waals surface area contributed by atoms with Crippen LogP contribution < -0.4 is 10.2 Å². The summed E-state index contributed by atoms with van der Waals surface area (Å²) in [5.74, 6) is -3.60. The van der Waals surface area contributed by atoms with Gasteiger partial charge in [0.15, 0.2) is 12.4 Å². The zero-order valence-electron chi connectivity index (χ0n) is 23.2. The van der Waals surface area contributed by atoms with Gasteiger partial charge in [-0.1, -0.05) is 66.7 Å². The molecule has 8 heteroatoms. The van der Waals surface area contributed by atoms with Gasteiger partial charge in [0, 0.05) is 23.1 Å². The zero-order chi connectivity index (χ0) is 29.8. The molecule has 1 heterocycles. The van der Waals surface area contributed by atoms with E-state index in [2.05, 4.69) is 5.32 Å². The van der Waals surface area contributed by atoms with Gasteiger partial charge in [0.25, 0.3) is 5.91 Å². The molecular weight excluding hydrogens is 544 g/mol. The van der Waals surface area contributed by atoms with E-state index in [4.69, 9.17) is 4.74 Å². The first-order chi connectivity index (χ1) is 20.8. The third-order valence-electron chi connectivity index (χ3n) is 8.68. The van der Waals surface area contributed by atoms with Crippen LogP contribution in [0.5, 0.6) is 0 Å². The van der Waals surface area contributed by atoms with Crippen LogP contribution in [0.1, 0.15) is 61.7 Å². The molecule has 43 heavy (non-hydrogen) atoms. The second kappa shape index (κ2) is 10.2. The largest absolute Gasteiger partial charge is 0.452 e. The van der Waals surface area contributed by atoms with Gasteiger partial charge in [0.2, 0.25) is 11.8 Å².